The number of carbonyl (C=O) groups excluding carboxylic acids is 1. The summed E-state index contributed by atoms with van der Waals surface area (Å²) >= 11 is 1.48. The topological polar surface area (TPSA) is 68.7 Å². The maximum absolute atomic E-state index is 11.9. The van der Waals surface area contributed by atoms with Crippen LogP contribution in [0.5, 0.6) is 11.6 Å². The number of pyridine rings is 1. The summed E-state index contributed by atoms with van der Waals surface area (Å²) in [6.07, 6.45) is -4.14. The van der Waals surface area contributed by atoms with Crippen LogP contribution in [0.1, 0.15) is 10.4 Å². The van der Waals surface area contributed by atoms with Gasteiger partial charge >= 0.3 is 12.3 Å². The van der Waals surface area contributed by atoms with Crippen molar-refractivity contribution in [2.24, 2.45) is 0 Å². The van der Waals surface area contributed by atoms with Crippen molar-refractivity contribution in [3.05, 3.63) is 15.3 Å². The van der Waals surface area contributed by atoms with E-state index in [-0.39, 0.29) is 9.13 Å². The lowest BCUT2D eigenvalue weighted by molar-refractivity contribution is -0.276. The second kappa shape index (κ2) is 4.94. The molecule has 0 saturated carbocycles. The van der Waals surface area contributed by atoms with Crippen molar-refractivity contribution < 1.29 is 32.5 Å². The van der Waals surface area contributed by atoms with Gasteiger partial charge in [-0.15, -0.1) is 13.2 Å². The van der Waals surface area contributed by atoms with Crippen LogP contribution in [0.2, 0.25) is 0 Å². The van der Waals surface area contributed by atoms with E-state index in [0.29, 0.717) is 0 Å². The molecule has 1 heterocycles. The van der Waals surface area contributed by atoms with Gasteiger partial charge in [0, 0.05) is 6.20 Å². The van der Waals surface area contributed by atoms with Gasteiger partial charge in [0.1, 0.15) is 0 Å². The van der Waals surface area contributed by atoms with Gasteiger partial charge in [-0.1, -0.05) is 0 Å². The molecule has 0 bridgehead atoms. The molecule has 5 nitrogen and oxygen atoms in total. The number of aromatic nitrogens is 1. The Kier molecular flexibility index (Phi) is 4.01. The molecule has 0 aromatic carbocycles. The van der Waals surface area contributed by atoms with Crippen LogP contribution in [0.25, 0.3) is 0 Å². The van der Waals surface area contributed by atoms with E-state index in [0.717, 1.165) is 13.3 Å². The van der Waals surface area contributed by atoms with Crippen molar-refractivity contribution in [1.82, 2.24) is 4.98 Å². The van der Waals surface area contributed by atoms with Crippen molar-refractivity contribution in [3.63, 3.8) is 0 Å². The summed E-state index contributed by atoms with van der Waals surface area (Å²) in [7, 11) is 1.09. The molecule has 0 spiro atoms. The summed E-state index contributed by atoms with van der Waals surface area (Å²) in [6, 6.07) is 0. The van der Waals surface area contributed by atoms with E-state index in [1.54, 1.807) is 0 Å². The number of esters is 1. The van der Waals surface area contributed by atoms with Crippen molar-refractivity contribution in [3.8, 4) is 11.6 Å². The molecule has 0 aliphatic rings. The lowest BCUT2D eigenvalue weighted by atomic mass is 10.3. The average molecular weight is 363 g/mol. The highest BCUT2D eigenvalue weighted by Crippen LogP contribution is 2.34. The summed E-state index contributed by atoms with van der Waals surface area (Å²) < 4.78 is 43.4. The Bertz CT molecular complexity index is 449. The van der Waals surface area contributed by atoms with Crippen LogP contribution in [-0.2, 0) is 4.74 Å². The van der Waals surface area contributed by atoms with Crippen LogP contribution in [-0.4, -0.2) is 29.5 Å². The molecule has 0 atom stereocenters. The molecule has 0 fully saturated rings. The summed E-state index contributed by atoms with van der Waals surface area (Å²) in [5.41, 5.74) is -0.153. The van der Waals surface area contributed by atoms with E-state index in [1.165, 1.54) is 22.6 Å². The Morgan fingerprint density at radius 1 is 1.53 bits per heavy atom. The number of rotatable bonds is 2. The third kappa shape index (κ3) is 3.35. The molecule has 1 rings (SSSR count). The second-order valence-electron chi connectivity index (χ2n) is 2.68. The van der Waals surface area contributed by atoms with Crippen molar-refractivity contribution in [2.75, 3.05) is 7.11 Å². The lowest BCUT2D eigenvalue weighted by Gasteiger charge is -2.11. The quantitative estimate of drug-likeness (QED) is 0.644. The summed E-state index contributed by atoms with van der Waals surface area (Å²) in [6.45, 7) is 0. The Morgan fingerprint density at radius 3 is 2.59 bits per heavy atom. The summed E-state index contributed by atoms with van der Waals surface area (Å²) in [5, 5.41) is 9.38. The normalized spacial score (nSPS) is 11.1. The van der Waals surface area contributed by atoms with E-state index in [4.69, 9.17) is 0 Å². The SMILES string of the molecule is COC(=O)c1cnc(OC(F)(F)F)c(O)c1I. The van der Waals surface area contributed by atoms with Gasteiger partial charge in [-0.05, 0) is 22.6 Å². The molecule has 94 valence electrons. The fourth-order valence-corrected chi connectivity index (χ4v) is 1.49. The molecule has 0 saturated heterocycles. The first-order chi connectivity index (χ1) is 7.76. The molecule has 0 aliphatic carbocycles. The van der Waals surface area contributed by atoms with Gasteiger partial charge in [-0.3, -0.25) is 0 Å². The van der Waals surface area contributed by atoms with Crippen LogP contribution < -0.4 is 4.74 Å². The van der Waals surface area contributed by atoms with Gasteiger partial charge in [0.15, 0.2) is 5.75 Å². The zero-order valence-corrected chi connectivity index (χ0v) is 10.4. The van der Waals surface area contributed by atoms with Gasteiger partial charge < -0.3 is 14.6 Å². The maximum Gasteiger partial charge on any atom is 0.574 e. The predicted molar refractivity (Wildman–Crippen MR) is 56.6 cm³/mol. The largest absolute Gasteiger partial charge is 0.574 e. The molecule has 17 heavy (non-hydrogen) atoms. The molecule has 0 unspecified atom stereocenters. The highest BCUT2D eigenvalue weighted by atomic mass is 127. The predicted octanol–water partition coefficient (Wildman–Crippen LogP) is 2.08. The first kappa shape index (κ1) is 13.8. The number of aromatic hydroxyl groups is 1. The molecule has 0 amide bonds. The van der Waals surface area contributed by atoms with Gasteiger partial charge in [-0.2, -0.15) is 0 Å². The number of hydrogen-bond acceptors (Lipinski definition) is 5. The number of ether oxygens (including phenoxy) is 2. The number of nitrogens with zero attached hydrogens (tertiary/aromatic N) is 1. The molecule has 1 aromatic heterocycles. The Balaban J connectivity index is 3.15. The first-order valence-corrected chi connectivity index (χ1v) is 5.05. The lowest BCUT2D eigenvalue weighted by Crippen LogP contribution is -2.18. The van der Waals surface area contributed by atoms with Crippen molar-refractivity contribution in [2.45, 2.75) is 6.36 Å². The van der Waals surface area contributed by atoms with E-state index < -0.39 is 24.0 Å². The van der Waals surface area contributed by atoms with Crippen molar-refractivity contribution >= 4 is 28.6 Å². The third-order valence-electron chi connectivity index (χ3n) is 1.58. The number of hydrogen-bond donors (Lipinski definition) is 1. The number of carbonyl (C=O) groups is 1. The Labute approximate surface area is 107 Å². The van der Waals surface area contributed by atoms with Crippen LogP contribution >= 0.6 is 22.6 Å². The molecular weight excluding hydrogens is 358 g/mol. The van der Waals surface area contributed by atoms with E-state index in [9.17, 15) is 23.1 Å². The van der Waals surface area contributed by atoms with Crippen LogP contribution in [0, 0.1) is 3.57 Å². The fourth-order valence-electron chi connectivity index (χ4n) is 0.899. The van der Waals surface area contributed by atoms with E-state index in [1.807, 2.05) is 0 Å². The minimum Gasteiger partial charge on any atom is -0.502 e. The van der Waals surface area contributed by atoms with Gasteiger partial charge in [-0.25, -0.2) is 9.78 Å². The van der Waals surface area contributed by atoms with E-state index >= 15 is 0 Å². The van der Waals surface area contributed by atoms with Crippen LogP contribution in [0.3, 0.4) is 0 Å². The summed E-state index contributed by atoms with van der Waals surface area (Å²) in [4.78, 5) is 14.3. The molecule has 9 heteroatoms. The fraction of sp³-hybridized carbons (Fsp3) is 0.250. The molecule has 1 aromatic rings. The van der Waals surface area contributed by atoms with Crippen LogP contribution in [0.15, 0.2) is 6.20 Å². The second-order valence-corrected chi connectivity index (χ2v) is 3.76. The minimum atomic E-state index is -4.97. The zero-order valence-electron chi connectivity index (χ0n) is 8.21. The number of methoxy groups -OCH3 is 1. The molecule has 0 aliphatic heterocycles. The van der Waals surface area contributed by atoms with Crippen LogP contribution in [0.4, 0.5) is 13.2 Å². The number of alkyl halides is 3. The Morgan fingerprint density at radius 2 is 2.12 bits per heavy atom. The highest BCUT2D eigenvalue weighted by Gasteiger charge is 2.34. The molecular formula is C8H5F3INO4. The molecule has 1 N–H and O–H groups in total. The van der Waals surface area contributed by atoms with Crippen molar-refractivity contribution in [1.29, 1.82) is 0 Å². The highest BCUT2D eigenvalue weighted by molar-refractivity contribution is 14.1. The average Bonchev–Trinajstić information content (AvgIpc) is 2.22. The third-order valence-corrected chi connectivity index (χ3v) is 2.67. The monoisotopic (exact) mass is 363 g/mol. The van der Waals surface area contributed by atoms with E-state index in [2.05, 4.69) is 14.5 Å². The van der Waals surface area contributed by atoms with Gasteiger partial charge in [0.05, 0.1) is 16.2 Å². The zero-order chi connectivity index (χ0) is 13.2. The smallest absolute Gasteiger partial charge is 0.502 e. The van der Waals surface area contributed by atoms with Gasteiger partial charge in [0.2, 0.25) is 0 Å². The summed E-state index contributed by atoms with van der Waals surface area (Å²) in [5.74, 6) is -2.71. The number of halogens is 4. The first-order valence-electron chi connectivity index (χ1n) is 3.97. The Hall–Kier alpha value is -1.26. The standard InChI is InChI=1S/C8H5F3INO4/c1-16-7(15)3-2-13-6(5(14)4(3)12)17-8(9,10)11/h2,14H,1H3. The minimum absolute atomic E-state index is 0.135. The maximum atomic E-state index is 11.9. The molecule has 0 radical (unpaired) electrons. The van der Waals surface area contributed by atoms with Gasteiger partial charge in [0.25, 0.3) is 5.88 Å².